The second-order valence-electron chi connectivity index (χ2n) is 6.41. The molecule has 1 heterocycles. The van der Waals surface area contributed by atoms with Crippen molar-refractivity contribution in [2.24, 2.45) is 5.73 Å². The first-order valence-electron chi connectivity index (χ1n) is 8.05. The van der Waals surface area contributed by atoms with Crippen molar-refractivity contribution in [3.8, 4) is 0 Å². The van der Waals surface area contributed by atoms with Crippen LogP contribution in [0, 0.1) is 0 Å². The van der Waals surface area contributed by atoms with Crippen LogP contribution in [0.25, 0.3) is 0 Å². The SMILES string of the molecule is NC1(c2ccc(CN3CCOCC3)c(Cl)c2)CCCCC1. The minimum absolute atomic E-state index is 0.167. The summed E-state index contributed by atoms with van der Waals surface area (Å²) in [5.41, 5.74) is 8.83. The van der Waals surface area contributed by atoms with Gasteiger partial charge in [-0.05, 0) is 30.0 Å². The summed E-state index contributed by atoms with van der Waals surface area (Å²) in [7, 11) is 0. The lowest BCUT2D eigenvalue weighted by molar-refractivity contribution is 0.0342. The molecule has 1 aromatic rings. The van der Waals surface area contributed by atoms with E-state index >= 15 is 0 Å². The quantitative estimate of drug-likeness (QED) is 0.931. The Morgan fingerprint density at radius 1 is 1.14 bits per heavy atom. The summed E-state index contributed by atoms with van der Waals surface area (Å²) in [4.78, 5) is 2.39. The van der Waals surface area contributed by atoms with Crippen molar-refractivity contribution in [1.82, 2.24) is 4.90 Å². The number of benzene rings is 1. The molecule has 2 N–H and O–H groups in total. The molecule has 2 fully saturated rings. The van der Waals surface area contributed by atoms with E-state index in [9.17, 15) is 0 Å². The van der Waals surface area contributed by atoms with Crippen molar-refractivity contribution in [3.63, 3.8) is 0 Å². The lowest BCUT2D eigenvalue weighted by atomic mass is 9.77. The summed E-state index contributed by atoms with van der Waals surface area (Å²) in [5.74, 6) is 0. The highest BCUT2D eigenvalue weighted by Crippen LogP contribution is 2.36. The van der Waals surface area contributed by atoms with Crippen LogP contribution in [0.1, 0.15) is 43.2 Å². The van der Waals surface area contributed by atoms with Crippen molar-refractivity contribution in [2.75, 3.05) is 26.3 Å². The smallest absolute Gasteiger partial charge is 0.0594 e. The topological polar surface area (TPSA) is 38.5 Å². The van der Waals surface area contributed by atoms with E-state index in [-0.39, 0.29) is 5.54 Å². The Kier molecular flexibility index (Phi) is 4.85. The lowest BCUT2D eigenvalue weighted by Gasteiger charge is -2.34. The highest BCUT2D eigenvalue weighted by Gasteiger charge is 2.29. The molecule has 1 aliphatic carbocycles. The van der Waals surface area contributed by atoms with Crippen LogP contribution in [0.3, 0.4) is 0 Å². The largest absolute Gasteiger partial charge is 0.379 e. The normalized spacial score (nSPS) is 23.1. The maximum absolute atomic E-state index is 6.60. The van der Waals surface area contributed by atoms with Crippen LogP contribution in [0.5, 0.6) is 0 Å². The van der Waals surface area contributed by atoms with Crippen molar-refractivity contribution in [1.29, 1.82) is 0 Å². The van der Waals surface area contributed by atoms with Gasteiger partial charge < -0.3 is 10.5 Å². The Morgan fingerprint density at radius 3 is 2.52 bits per heavy atom. The van der Waals surface area contributed by atoms with Gasteiger partial charge in [-0.3, -0.25) is 4.90 Å². The van der Waals surface area contributed by atoms with Gasteiger partial charge in [-0.25, -0.2) is 0 Å². The van der Waals surface area contributed by atoms with Gasteiger partial charge in [0.25, 0.3) is 0 Å². The van der Waals surface area contributed by atoms with Gasteiger partial charge in [0.1, 0.15) is 0 Å². The van der Waals surface area contributed by atoms with Crippen LogP contribution in [0.2, 0.25) is 5.02 Å². The van der Waals surface area contributed by atoms with Gasteiger partial charge >= 0.3 is 0 Å². The Balaban J connectivity index is 1.72. The van der Waals surface area contributed by atoms with Crippen molar-refractivity contribution in [2.45, 2.75) is 44.2 Å². The molecule has 0 spiro atoms. The molecule has 3 rings (SSSR count). The summed E-state index contributed by atoms with van der Waals surface area (Å²) < 4.78 is 5.39. The number of nitrogens with zero attached hydrogens (tertiary/aromatic N) is 1. The Morgan fingerprint density at radius 2 is 1.86 bits per heavy atom. The van der Waals surface area contributed by atoms with E-state index < -0.39 is 0 Å². The third-order valence-electron chi connectivity index (χ3n) is 4.87. The Hall–Kier alpha value is -0.610. The maximum atomic E-state index is 6.60. The molecule has 0 atom stereocenters. The molecular weight excluding hydrogens is 284 g/mol. The molecule has 0 amide bonds. The highest BCUT2D eigenvalue weighted by atomic mass is 35.5. The number of hydrogen-bond acceptors (Lipinski definition) is 3. The summed E-state index contributed by atoms with van der Waals surface area (Å²) >= 11 is 6.52. The zero-order valence-corrected chi connectivity index (χ0v) is 13.4. The van der Waals surface area contributed by atoms with Crippen LogP contribution in [0.15, 0.2) is 18.2 Å². The van der Waals surface area contributed by atoms with Gasteiger partial charge in [-0.15, -0.1) is 0 Å². The van der Waals surface area contributed by atoms with E-state index in [0.29, 0.717) is 0 Å². The van der Waals surface area contributed by atoms with E-state index in [2.05, 4.69) is 23.1 Å². The molecule has 1 saturated carbocycles. The van der Waals surface area contributed by atoms with E-state index in [4.69, 9.17) is 22.1 Å². The second-order valence-corrected chi connectivity index (χ2v) is 6.82. The molecule has 0 unspecified atom stereocenters. The zero-order valence-electron chi connectivity index (χ0n) is 12.6. The predicted octanol–water partition coefficient (Wildman–Crippen LogP) is 3.29. The highest BCUT2D eigenvalue weighted by molar-refractivity contribution is 6.31. The summed E-state index contributed by atoms with van der Waals surface area (Å²) in [6, 6.07) is 6.45. The third-order valence-corrected chi connectivity index (χ3v) is 5.22. The molecule has 1 aromatic carbocycles. The van der Waals surface area contributed by atoms with Gasteiger partial charge in [-0.2, -0.15) is 0 Å². The molecular formula is C17H25ClN2O. The van der Waals surface area contributed by atoms with E-state index in [1.807, 2.05) is 0 Å². The fourth-order valence-corrected chi connectivity index (χ4v) is 3.70. The first kappa shape index (κ1) is 15.3. The molecule has 1 aliphatic heterocycles. The van der Waals surface area contributed by atoms with Crippen molar-refractivity contribution < 1.29 is 4.74 Å². The first-order chi connectivity index (χ1) is 10.2. The minimum Gasteiger partial charge on any atom is -0.379 e. The zero-order chi connectivity index (χ0) is 14.7. The number of nitrogens with two attached hydrogens (primary N) is 1. The standard InChI is InChI=1S/C17H25ClN2O/c18-16-12-15(17(19)6-2-1-3-7-17)5-4-14(16)13-20-8-10-21-11-9-20/h4-5,12H,1-3,6-11,13,19H2. The maximum Gasteiger partial charge on any atom is 0.0594 e. The fraction of sp³-hybridized carbons (Fsp3) is 0.647. The third kappa shape index (κ3) is 3.59. The van der Waals surface area contributed by atoms with E-state index in [1.54, 1.807) is 0 Å². The summed E-state index contributed by atoms with van der Waals surface area (Å²) in [6.07, 6.45) is 5.91. The predicted molar refractivity (Wildman–Crippen MR) is 86.5 cm³/mol. The molecule has 3 nitrogen and oxygen atoms in total. The number of halogens is 1. The van der Waals surface area contributed by atoms with E-state index in [0.717, 1.165) is 50.7 Å². The lowest BCUT2D eigenvalue weighted by Crippen LogP contribution is -2.38. The summed E-state index contributed by atoms with van der Waals surface area (Å²) in [6.45, 7) is 4.51. The Labute approximate surface area is 132 Å². The van der Waals surface area contributed by atoms with Gasteiger partial charge in [-0.1, -0.05) is 43.0 Å². The van der Waals surface area contributed by atoms with E-state index in [1.165, 1.54) is 30.4 Å². The molecule has 1 saturated heterocycles. The molecule has 0 radical (unpaired) electrons. The summed E-state index contributed by atoms with van der Waals surface area (Å²) in [5, 5.41) is 0.856. The van der Waals surface area contributed by atoms with Gasteiger partial charge in [0, 0.05) is 30.2 Å². The molecule has 0 aromatic heterocycles. The number of hydrogen-bond donors (Lipinski definition) is 1. The molecule has 0 bridgehead atoms. The molecule has 21 heavy (non-hydrogen) atoms. The van der Waals surface area contributed by atoms with Crippen molar-refractivity contribution >= 4 is 11.6 Å². The van der Waals surface area contributed by atoms with Crippen LogP contribution < -0.4 is 5.73 Å². The van der Waals surface area contributed by atoms with Crippen molar-refractivity contribution in [3.05, 3.63) is 34.3 Å². The number of rotatable bonds is 3. The fourth-order valence-electron chi connectivity index (χ4n) is 3.46. The second kappa shape index (κ2) is 6.66. The minimum atomic E-state index is -0.167. The Bertz CT molecular complexity index is 480. The van der Waals surface area contributed by atoms with Crippen LogP contribution in [-0.4, -0.2) is 31.2 Å². The van der Waals surface area contributed by atoms with Crippen LogP contribution >= 0.6 is 11.6 Å². The van der Waals surface area contributed by atoms with Crippen LogP contribution in [-0.2, 0) is 16.8 Å². The molecule has 116 valence electrons. The molecule has 2 aliphatic rings. The van der Waals surface area contributed by atoms with Gasteiger partial charge in [0.15, 0.2) is 0 Å². The average Bonchev–Trinajstić information content (AvgIpc) is 2.51. The van der Waals surface area contributed by atoms with Gasteiger partial charge in [0.2, 0.25) is 0 Å². The first-order valence-corrected chi connectivity index (χ1v) is 8.43. The number of morpholine rings is 1. The monoisotopic (exact) mass is 308 g/mol. The molecule has 4 heteroatoms. The van der Waals surface area contributed by atoms with Crippen LogP contribution in [0.4, 0.5) is 0 Å². The number of ether oxygens (including phenoxy) is 1. The average molecular weight is 309 g/mol. The van der Waals surface area contributed by atoms with Gasteiger partial charge in [0.05, 0.1) is 13.2 Å².